The third-order valence-corrected chi connectivity index (χ3v) is 6.61. The summed E-state index contributed by atoms with van der Waals surface area (Å²) in [5.41, 5.74) is 7.59. The zero-order chi connectivity index (χ0) is 22.7. The van der Waals surface area contributed by atoms with Crippen molar-refractivity contribution in [3.8, 4) is 11.3 Å². The van der Waals surface area contributed by atoms with Crippen molar-refractivity contribution in [3.63, 3.8) is 0 Å². The standard InChI is InChI=1S/C25H26FN7/c1-16-10-18(11-17(2)23(16)26)24-25(22-14-27-6-7-33(22)29-24)32-9-8-31(15-32)20-4-5-21-19(12-20)13-28-30(21)3/h4-5,8-13,27H,6-7,14-15H2,1-3H3. The van der Waals surface area contributed by atoms with E-state index in [0.29, 0.717) is 17.8 Å². The molecule has 8 heteroatoms. The second kappa shape index (κ2) is 7.45. The minimum atomic E-state index is -0.149. The summed E-state index contributed by atoms with van der Waals surface area (Å²) in [4.78, 5) is 4.46. The van der Waals surface area contributed by atoms with Gasteiger partial charge in [-0.2, -0.15) is 10.2 Å². The molecule has 168 valence electrons. The van der Waals surface area contributed by atoms with E-state index in [2.05, 4.69) is 55.5 Å². The number of aromatic nitrogens is 4. The maximum Gasteiger partial charge on any atom is 0.129 e. The van der Waals surface area contributed by atoms with Gasteiger partial charge in [-0.3, -0.25) is 9.36 Å². The van der Waals surface area contributed by atoms with Crippen LogP contribution in [0.5, 0.6) is 0 Å². The maximum absolute atomic E-state index is 14.3. The predicted octanol–water partition coefficient (Wildman–Crippen LogP) is 4.05. The molecule has 7 nitrogen and oxygen atoms in total. The molecule has 1 N–H and O–H groups in total. The van der Waals surface area contributed by atoms with Crippen molar-refractivity contribution >= 4 is 22.3 Å². The van der Waals surface area contributed by atoms with Crippen LogP contribution in [0.2, 0.25) is 0 Å². The van der Waals surface area contributed by atoms with E-state index in [0.717, 1.165) is 58.9 Å². The van der Waals surface area contributed by atoms with Crippen molar-refractivity contribution < 1.29 is 4.39 Å². The van der Waals surface area contributed by atoms with Gasteiger partial charge in [-0.25, -0.2) is 4.39 Å². The molecule has 33 heavy (non-hydrogen) atoms. The van der Waals surface area contributed by atoms with Gasteiger partial charge in [-0.1, -0.05) is 0 Å². The van der Waals surface area contributed by atoms with Crippen LogP contribution in [0.4, 0.5) is 15.8 Å². The lowest BCUT2D eigenvalue weighted by Gasteiger charge is -2.24. The van der Waals surface area contributed by atoms with E-state index in [-0.39, 0.29) is 5.82 Å². The average molecular weight is 444 g/mol. The summed E-state index contributed by atoms with van der Waals surface area (Å²) in [6.07, 6.45) is 6.10. The summed E-state index contributed by atoms with van der Waals surface area (Å²) in [5.74, 6) is -0.149. The Bertz CT molecular complexity index is 1390. The van der Waals surface area contributed by atoms with Crippen LogP contribution in [-0.4, -0.2) is 32.8 Å². The molecule has 0 radical (unpaired) electrons. The number of nitrogens with zero attached hydrogens (tertiary/aromatic N) is 6. The minimum Gasteiger partial charge on any atom is -0.328 e. The molecular formula is C25H26FN7. The van der Waals surface area contributed by atoms with Crippen LogP contribution in [0.15, 0.2) is 48.9 Å². The normalized spacial score (nSPS) is 15.6. The molecule has 0 unspecified atom stereocenters. The van der Waals surface area contributed by atoms with Gasteiger partial charge >= 0.3 is 0 Å². The fourth-order valence-electron chi connectivity index (χ4n) is 4.88. The Morgan fingerprint density at radius 3 is 2.64 bits per heavy atom. The smallest absolute Gasteiger partial charge is 0.129 e. The van der Waals surface area contributed by atoms with Gasteiger partial charge in [-0.15, -0.1) is 0 Å². The second-order valence-corrected chi connectivity index (χ2v) is 8.86. The molecule has 2 aromatic heterocycles. The van der Waals surface area contributed by atoms with E-state index in [1.54, 1.807) is 0 Å². The van der Waals surface area contributed by atoms with Gasteiger partial charge in [0.25, 0.3) is 0 Å². The van der Waals surface area contributed by atoms with Crippen LogP contribution in [0, 0.1) is 19.7 Å². The highest BCUT2D eigenvalue weighted by molar-refractivity contribution is 5.84. The van der Waals surface area contributed by atoms with Crippen LogP contribution < -0.4 is 15.1 Å². The molecule has 4 heterocycles. The van der Waals surface area contributed by atoms with Gasteiger partial charge in [0, 0.05) is 49.2 Å². The lowest BCUT2D eigenvalue weighted by atomic mass is 10.0. The molecule has 2 aliphatic rings. The quantitative estimate of drug-likeness (QED) is 0.518. The molecule has 2 aliphatic heterocycles. The Morgan fingerprint density at radius 2 is 1.82 bits per heavy atom. The molecule has 0 amide bonds. The third-order valence-electron chi connectivity index (χ3n) is 6.61. The Hall–Kier alpha value is -3.65. The number of halogens is 1. The largest absolute Gasteiger partial charge is 0.328 e. The summed E-state index contributed by atoms with van der Waals surface area (Å²) in [6, 6.07) is 10.2. The van der Waals surface area contributed by atoms with Crippen LogP contribution in [0.25, 0.3) is 22.2 Å². The molecular weight excluding hydrogens is 417 g/mol. The van der Waals surface area contributed by atoms with Gasteiger partial charge in [0.05, 0.1) is 36.3 Å². The van der Waals surface area contributed by atoms with Crippen molar-refractivity contribution in [3.05, 3.63) is 71.6 Å². The Balaban J connectivity index is 1.39. The lowest BCUT2D eigenvalue weighted by Crippen LogP contribution is -2.31. The zero-order valence-electron chi connectivity index (χ0n) is 19.0. The summed E-state index contributed by atoms with van der Waals surface area (Å²) in [5, 5.41) is 13.9. The van der Waals surface area contributed by atoms with E-state index in [1.165, 1.54) is 0 Å². The number of aryl methyl sites for hydroxylation is 3. The fraction of sp³-hybridized carbons (Fsp3) is 0.280. The van der Waals surface area contributed by atoms with Crippen molar-refractivity contribution in [1.82, 2.24) is 24.9 Å². The highest BCUT2D eigenvalue weighted by Gasteiger charge is 2.28. The second-order valence-electron chi connectivity index (χ2n) is 8.86. The minimum absolute atomic E-state index is 0.149. The SMILES string of the molecule is Cc1cc(-c2nn3c(c2N2C=CN(c4ccc5c(cnn5C)c4)C2)CNCC3)cc(C)c1F. The summed E-state index contributed by atoms with van der Waals surface area (Å²) in [7, 11) is 1.96. The van der Waals surface area contributed by atoms with Gasteiger partial charge in [0.1, 0.15) is 11.5 Å². The number of anilines is 2. The number of fused-ring (bicyclic) bond motifs is 2. The van der Waals surface area contributed by atoms with Gasteiger partial charge < -0.3 is 15.1 Å². The first-order chi connectivity index (χ1) is 16.0. The van der Waals surface area contributed by atoms with Crippen molar-refractivity contribution in [2.24, 2.45) is 7.05 Å². The molecule has 0 aliphatic carbocycles. The number of hydrogen-bond acceptors (Lipinski definition) is 5. The lowest BCUT2D eigenvalue weighted by molar-refractivity contribution is 0.476. The molecule has 0 atom stereocenters. The number of rotatable bonds is 3. The van der Waals surface area contributed by atoms with Crippen LogP contribution in [-0.2, 0) is 20.1 Å². The molecule has 0 bridgehead atoms. The summed E-state index contributed by atoms with van der Waals surface area (Å²) in [6.45, 7) is 6.77. The van der Waals surface area contributed by atoms with E-state index in [4.69, 9.17) is 5.10 Å². The summed E-state index contributed by atoms with van der Waals surface area (Å²) < 4.78 is 18.3. The molecule has 0 spiro atoms. The van der Waals surface area contributed by atoms with Crippen molar-refractivity contribution in [2.75, 3.05) is 23.0 Å². The zero-order valence-corrected chi connectivity index (χ0v) is 19.0. The first-order valence-electron chi connectivity index (χ1n) is 11.2. The summed E-state index contributed by atoms with van der Waals surface area (Å²) >= 11 is 0. The van der Waals surface area contributed by atoms with Crippen LogP contribution >= 0.6 is 0 Å². The Morgan fingerprint density at radius 1 is 1.03 bits per heavy atom. The highest BCUT2D eigenvalue weighted by Crippen LogP contribution is 2.38. The Kier molecular flexibility index (Phi) is 4.51. The van der Waals surface area contributed by atoms with Crippen molar-refractivity contribution in [1.29, 1.82) is 0 Å². The molecule has 0 saturated carbocycles. The van der Waals surface area contributed by atoms with Crippen LogP contribution in [0.3, 0.4) is 0 Å². The monoisotopic (exact) mass is 443 g/mol. The number of hydrogen-bond donors (Lipinski definition) is 1. The Labute approximate surface area is 191 Å². The van der Waals surface area contributed by atoms with E-state index in [1.807, 2.05) is 43.9 Å². The van der Waals surface area contributed by atoms with Gasteiger partial charge in [0.15, 0.2) is 0 Å². The highest BCUT2D eigenvalue weighted by atomic mass is 19.1. The molecule has 0 fully saturated rings. The molecule has 6 rings (SSSR count). The van der Waals surface area contributed by atoms with Gasteiger partial charge in [-0.05, 0) is 55.3 Å². The predicted molar refractivity (Wildman–Crippen MR) is 128 cm³/mol. The molecule has 2 aromatic carbocycles. The van der Waals surface area contributed by atoms with E-state index < -0.39 is 0 Å². The molecule has 4 aromatic rings. The van der Waals surface area contributed by atoms with Gasteiger partial charge in [0.2, 0.25) is 0 Å². The topological polar surface area (TPSA) is 54.2 Å². The number of nitrogens with one attached hydrogen (secondary N) is 1. The number of benzene rings is 2. The first-order valence-corrected chi connectivity index (χ1v) is 11.2. The molecule has 0 saturated heterocycles. The maximum atomic E-state index is 14.3. The van der Waals surface area contributed by atoms with Crippen LogP contribution in [0.1, 0.15) is 16.8 Å². The van der Waals surface area contributed by atoms with E-state index >= 15 is 0 Å². The third kappa shape index (κ3) is 3.21. The first kappa shape index (κ1) is 20.0. The van der Waals surface area contributed by atoms with E-state index in [9.17, 15) is 4.39 Å². The fourth-order valence-corrected chi connectivity index (χ4v) is 4.88. The van der Waals surface area contributed by atoms with Crippen molar-refractivity contribution in [2.45, 2.75) is 26.9 Å². The average Bonchev–Trinajstić information content (AvgIpc) is 3.53.